The number of nitrogens with zero attached hydrogens (tertiary/aromatic N) is 3. The maximum Gasteiger partial charge on any atom is 0.508 e. The molecular weight excluding hydrogens is 349 g/mol. The number of carbonyl (C=O) groups is 1. The van der Waals surface area contributed by atoms with Crippen LogP contribution in [-0.4, -0.2) is 33.3 Å². The van der Waals surface area contributed by atoms with Crippen molar-refractivity contribution >= 4 is 12.0 Å². The van der Waals surface area contributed by atoms with Gasteiger partial charge in [-0.15, -0.1) is 0 Å². The lowest BCUT2D eigenvalue weighted by atomic mass is 10.2. The van der Waals surface area contributed by atoms with Gasteiger partial charge in [0.1, 0.15) is 24.7 Å². The van der Waals surface area contributed by atoms with Crippen LogP contribution in [0.25, 0.3) is 0 Å². The molecule has 0 aliphatic carbocycles. The molecule has 26 heavy (non-hydrogen) atoms. The van der Waals surface area contributed by atoms with Crippen molar-refractivity contribution in [3.63, 3.8) is 0 Å². The predicted molar refractivity (Wildman–Crippen MR) is 85.1 cm³/mol. The number of hydrogen-bond donors (Lipinski definition) is 0. The average molecular weight is 365 g/mol. The molecule has 1 atom stereocenters. The van der Waals surface area contributed by atoms with Gasteiger partial charge in [0.25, 0.3) is 0 Å². The fourth-order valence-corrected chi connectivity index (χ4v) is 2.46. The molecule has 9 nitrogen and oxygen atoms in total. The molecule has 0 amide bonds. The van der Waals surface area contributed by atoms with E-state index in [0.717, 1.165) is 0 Å². The number of rotatable bonds is 6. The number of aryl methyl sites for hydroxylation is 1. The molecule has 2 heterocycles. The number of hydrogen-bond acceptors (Lipinski definition) is 7. The fraction of sp³-hybridized carbons (Fsp3) is 0.375. The first-order chi connectivity index (χ1) is 12.5. The number of carbonyl (C=O) groups excluding carboxylic acids is 1. The molecule has 0 unspecified atom stereocenters. The molecule has 3 rings (SSSR count). The summed E-state index contributed by atoms with van der Waals surface area (Å²) in [5, 5.41) is 10.7. The zero-order valence-corrected chi connectivity index (χ0v) is 13.7. The van der Waals surface area contributed by atoms with Crippen LogP contribution < -0.4 is 4.74 Å². The van der Waals surface area contributed by atoms with Crippen LogP contribution in [-0.2, 0) is 22.6 Å². The highest BCUT2D eigenvalue weighted by Crippen LogP contribution is 2.25. The van der Waals surface area contributed by atoms with Crippen LogP contribution >= 0.6 is 0 Å². The number of benzene rings is 1. The number of aromatic nitrogens is 2. The minimum Gasteiger partial charge on any atom is -0.442 e. The second-order valence-corrected chi connectivity index (χ2v) is 5.66. The van der Waals surface area contributed by atoms with Crippen molar-refractivity contribution in [3.8, 4) is 6.01 Å². The maximum absolute atomic E-state index is 12.8. The van der Waals surface area contributed by atoms with Gasteiger partial charge in [0.15, 0.2) is 0 Å². The van der Waals surface area contributed by atoms with E-state index < -0.39 is 11.1 Å². The second kappa shape index (κ2) is 7.81. The maximum atomic E-state index is 12.8. The molecule has 1 aromatic heterocycles. The van der Waals surface area contributed by atoms with Gasteiger partial charge < -0.3 is 24.3 Å². The summed E-state index contributed by atoms with van der Waals surface area (Å²) in [6, 6.07) is 5.77. The zero-order chi connectivity index (χ0) is 18.5. The Morgan fingerprint density at radius 3 is 2.88 bits per heavy atom. The summed E-state index contributed by atoms with van der Waals surface area (Å²) in [5.41, 5.74) is 0.646. The van der Waals surface area contributed by atoms with E-state index in [0.29, 0.717) is 24.9 Å². The van der Waals surface area contributed by atoms with Gasteiger partial charge >= 0.3 is 18.0 Å². The summed E-state index contributed by atoms with van der Waals surface area (Å²) in [7, 11) is 0. The first-order valence-corrected chi connectivity index (χ1v) is 7.93. The molecule has 2 aromatic rings. The number of halogens is 1. The van der Waals surface area contributed by atoms with Gasteiger partial charge in [-0.05, 0) is 22.6 Å². The van der Waals surface area contributed by atoms with Crippen molar-refractivity contribution in [3.05, 3.63) is 52.0 Å². The van der Waals surface area contributed by atoms with Crippen LogP contribution in [0.1, 0.15) is 18.4 Å². The first-order valence-electron chi connectivity index (χ1n) is 7.93. The standard InChI is InChI=1S/C16H16FN3O6/c17-12-3-1-11(2-4-12)10-25-16(21)24-8-6-13-5-7-19-9-14(20(22)23)18-15(19)26-13/h1-4,9,13H,5-8,10H2/t13-/m1/s1. The molecule has 0 bridgehead atoms. The molecule has 0 spiro atoms. The molecular formula is C16H16FN3O6. The van der Waals surface area contributed by atoms with Crippen LogP contribution in [0.15, 0.2) is 30.5 Å². The highest BCUT2D eigenvalue weighted by atomic mass is 19.1. The van der Waals surface area contributed by atoms with Crippen LogP contribution in [0.5, 0.6) is 6.01 Å². The van der Waals surface area contributed by atoms with Crippen LogP contribution in [0.2, 0.25) is 0 Å². The Morgan fingerprint density at radius 1 is 1.38 bits per heavy atom. The molecule has 10 heteroatoms. The normalized spacial score (nSPS) is 15.7. The van der Waals surface area contributed by atoms with Gasteiger partial charge in [0.05, 0.1) is 6.61 Å². The minimum atomic E-state index is -0.831. The van der Waals surface area contributed by atoms with E-state index >= 15 is 0 Å². The summed E-state index contributed by atoms with van der Waals surface area (Å²) < 4.78 is 29.8. The van der Waals surface area contributed by atoms with E-state index in [2.05, 4.69) is 4.98 Å². The SMILES string of the molecule is O=C(OCC[C@H]1CCn2cc([N+](=O)[O-])nc2O1)OCc1ccc(F)cc1. The van der Waals surface area contributed by atoms with Crippen LogP contribution in [0.3, 0.4) is 0 Å². The average Bonchev–Trinajstić information content (AvgIpc) is 3.05. The summed E-state index contributed by atoms with van der Waals surface area (Å²) in [6.07, 6.45) is 1.27. The number of fused-ring (bicyclic) bond motifs is 1. The summed E-state index contributed by atoms with van der Waals surface area (Å²) in [4.78, 5) is 25.5. The summed E-state index contributed by atoms with van der Waals surface area (Å²) >= 11 is 0. The lowest BCUT2D eigenvalue weighted by Crippen LogP contribution is -2.27. The Morgan fingerprint density at radius 2 is 2.15 bits per heavy atom. The molecule has 0 radical (unpaired) electrons. The second-order valence-electron chi connectivity index (χ2n) is 5.66. The monoisotopic (exact) mass is 365 g/mol. The van der Waals surface area contributed by atoms with Gasteiger partial charge in [-0.1, -0.05) is 12.1 Å². The van der Waals surface area contributed by atoms with E-state index in [9.17, 15) is 19.3 Å². The Bertz CT molecular complexity index is 792. The number of ether oxygens (including phenoxy) is 3. The number of imidazole rings is 1. The molecule has 1 aliphatic rings. The molecule has 0 fully saturated rings. The van der Waals surface area contributed by atoms with Gasteiger partial charge in [0, 0.05) is 24.4 Å². The Labute approximate surface area is 147 Å². The van der Waals surface area contributed by atoms with Crippen molar-refractivity contribution in [1.82, 2.24) is 9.55 Å². The Kier molecular flexibility index (Phi) is 5.30. The van der Waals surface area contributed by atoms with Gasteiger partial charge in [-0.25, -0.2) is 9.18 Å². The summed E-state index contributed by atoms with van der Waals surface area (Å²) in [5.74, 6) is -0.629. The third kappa shape index (κ3) is 4.47. The predicted octanol–water partition coefficient (Wildman–Crippen LogP) is 2.83. The fourth-order valence-electron chi connectivity index (χ4n) is 2.46. The van der Waals surface area contributed by atoms with Gasteiger partial charge in [0.2, 0.25) is 0 Å². The summed E-state index contributed by atoms with van der Waals surface area (Å²) in [6.45, 7) is 0.603. The lowest BCUT2D eigenvalue weighted by Gasteiger charge is -2.21. The third-order valence-electron chi connectivity index (χ3n) is 3.81. The van der Waals surface area contributed by atoms with Crippen molar-refractivity contribution in [2.45, 2.75) is 32.1 Å². The first kappa shape index (κ1) is 17.6. The van der Waals surface area contributed by atoms with Crippen LogP contribution in [0.4, 0.5) is 15.0 Å². The van der Waals surface area contributed by atoms with E-state index in [1.54, 1.807) is 4.57 Å². The van der Waals surface area contributed by atoms with E-state index in [1.165, 1.54) is 30.5 Å². The molecule has 0 N–H and O–H groups in total. The lowest BCUT2D eigenvalue weighted by molar-refractivity contribution is -0.389. The quantitative estimate of drug-likeness (QED) is 0.440. The van der Waals surface area contributed by atoms with E-state index in [4.69, 9.17) is 14.2 Å². The molecule has 0 saturated carbocycles. The largest absolute Gasteiger partial charge is 0.508 e. The molecule has 138 valence electrons. The minimum absolute atomic E-state index is 0.0137. The smallest absolute Gasteiger partial charge is 0.442 e. The Hall–Kier alpha value is -3.17. The Balaban J connectivity index is 1.38. The van der Waals surface area contributed by atoms with Gasteiger partial charge in [-0.3, -0.25) is 4.57 Å². The highest BCUT2D eigenvalue weighted by molar-refractivity contribution is 5.59. The molecule has 1 aromatic carbocycles. The van der Waals surface area contributed by atoms with Crippen LogP contribution in [0, 0.1) is 15.9 Å². The van der Waals surface area contributed by atoms with Crippen molar-refractivity contribution in [2.24, 2.45) is 0 Å². The van der Waals surface area contributed by atoms with Crippen molar-refractivity contribution in [2.75, 3.05) is 6.61 Å². The van der Waals surface area contributed by atoms with E-state index in [1.807, 2.05) is 0 Å². The zero-order valence-electron chi connectivity index (χ0n) is 13.7. The molecule has 0 saturated heterocycles. The molecule has 1 aliphatic heterocycles. The van der Waals surface area contributed by atoms with E-state index in [-0.39, 0.29) is 37.0 Å². The number of nitro groups is 1. The highest BCUT2D eigenvalue weighted by Gasteiger charge is 2.28. The third-order valence-corrected chi connectivity index (χ3v) is 3.81. The topological polar surface area (TPSA) is 106 Å². The van der Waals surface area contributed by atoms with Crippen molar-refractivity contribution in [1.29, 1.82) is 0 Å². The van der Waals surface area contributed by atoms with Crippen molar-refractivity contribution < 1.29 is 28.3 Å². The van der Waals surface area contributed by atoms with Gasteiger partial charge in [-0.2, -0.15) is 0 Å².